The first-order valence-corrected chi connectivity index (χ1v) is 9.04. The third-order valence-electron chi connectivity index (χ3n) is 4.25. The first-order valence-electron chi connectivity index (χ1n) is 8.66. The molecule has 1 aliphatic heterocycles. The van der Waals surface area contributed by atoms with Crippen LogP contribution in [0.4, 0.5) is 5.69 Å². The number of aliphatic imine (C=N–C) groups is 1. The summed E-state index contributed by atoms with van der Waals surface area (Å²) in [6.45, 7) is 9.44. The number of methoxy groups -OCH3 is 1. The molecule has 1 aliphatic rings. The van der Waals surface area contributed by atoms with Crippen LogP contribution in [0.5, 0.6) is 0 Å². The van der Waals surface area contributed by atoms with E-state index in [1.54, 1.807) is 7.11 Å². The van der Waals surface area contributed by atoms with Crippen molar-refractivity contribution in [2.24, 2.45) is 10.9 Å². The molecule has 0 spiro atoms. The van der Waals surface area contributed by atoms with Crippen LogP contribution in [0.1, 0.15) is 18.9 Å². The zero-order valence-corrected chi connectivity index (χ0v) is 18.4. The monoisotopic (exact) mass is 480 g/mol. The molecule has 0 bridgehead atoms. The molecule has 0 amide bonds. The molecule has 1 saturated heterocycles. The van der Waals surface area contributed by atoms with Gasteiger partial charge in [-0.05, 0) is 43.9 Å². The third kappa shape index (κ3) is 7.19. The predicted octanol–water partition coefficient (Wildman–Crippen LogP) is 3.29. The van der Waals surface area contributed by atoms with Crippen molar-refractivity contribution in [3.8, 4) is 0 Å². The molecule has 0 aliphatic carbocycles. The van der Waals surface area contributed by atoms with Crippen LogP contribution in [0, 0.1) is 12.8 Å². The van der Waals surface area contributed by atoms with Crippen molar-refractivity contribution < 1.29 is 4.74 Å². The number of benzene rings is 1. The van der Waals surface area contributed by atoms with Crippen molar-refractivity contribution >= 4 is 47.2 Å². The molecule has 1 atom stereocenters. The molecule has 0 saturated carbocycles. The van der Waals surface area contributed by atoms with Crippen LogP contribution >= 0.6 is 35.6 Å². The van der Waals surface area contributed by atoms with E-state index in [2.05, 4.69) is 41.5 Å². The standard InChI is InChI=1S/C18H29ClN4O.HI/c1-4-20-18(21-8-10-24-3)22-12-15-7-9-23(13-15)17-11-16(19)6-5-14(17)2;/h5-6,11,15H,4,7-10,12-13H2,1-3H3,(H2,20,21,22);1H. The van der Waals surface area contributed by atoms with Gasteiger partial charge in [0.1, 0.15) is 0 Å². The Hall–Kier alpha value is -0.730. The molecule has 1 heterocycles. The molecule has 25 heavy (non-hydrogen) atoms. The summed E-state index contributed by atoms with van der Waals surface area (Å²) in [6.07, 6.45) is 1.16. The number of nitrogens with zero attached hydrogens (tertiary/aromatic N) is 2. The van der Waals surface area contributed by atoms with Crippen molar-refractivity contribution in [1.82, 2.24) is 10.6 Å². The molecule has 1 unspecified atom stereocenters. The molecule has 1 fully saturated rings. The molecule has 1 aromatic carbocycles. The molecule has 0 radical (unpaired) electrons. The molecule has 142 valence electrons. The fourth-order valence-electron chi connectivity index (χ4n) is 2.96. The Labute approximate surface area is 173 Å². The molecule has 5 nitrogen and oxygen atoms in total. The van der Waals surface area contributed by atoms with Gasteiger partial charge in [0.25, 0.3) is 0 Å². The molecular weight excluding hydrogens is 451 g/mol. The van der Waals surface area contributed by atoms with Gasteiger partial charge in [0.2, 0.25) is 0 Å². The first kappa shape index (κ1) is 22.3. The number of hydrogen-bond donors (Lipinski definition) is 2. The minimum Gasteiger partial charge on any atom is -0.383 e. The summed E-state index contributed by atoms with van der Waals surface area (Å²) in [5.41, 5.74) is 2.53. The maximum absolute atomic E-state index is 6.15. The van der Waals surface area contributed by atoms with Crippen molar-refractivity contribution in [2.75, 3.05) is 51.3 Å². The van der Waals surface area contributed by atoms with Gasteiger partial charge in [-0.25, -0.2) is 0 Å². The van der Waals surface area contributed by atoms with Crippen molar-refractivity contribution in [3.05, 3.63) is 28.8 Å². The lowest BCUT2D eigenvalue weighted by molar-refractivity contribution is 0.203. The highest BCUT2D eigenvalue weighted by atomic mass is 127. The van der Waals surface area contributed by atoms with Gasteiger partial charge in [-0.3, -0.25) is 4.99 Å². The minimum absolute atomic E-state index is 0. The van der Waals surface area contributed by atoms with Crippen LogP contribution in [-0.2, 0) is 4.74 Å². The highest BCUT2D eigenvalue weighted by molar-refractivity contribution is 14.0. The summed E-state index contributed by atoms with van der Waals surface area (Å²) < 4.78 is 5.07. The Kier molecular flexibility index (Phi) is 10.5. The van der Waals surface area contributed by atoms with E-state index in [0.29, 0.717) is 12.5 Å². The average molecular weight is 481 g/mol. The van der Waals surface area contributed by atoms with E-state index >= 15 is 0 Å². The Morgan fingerprint density at radius 1 is 1.40 bits per heavy atom. The summed E-state index contributed by atoms with van der Waals surface area (Å²) >= 11 is 6.15. The molecule has 2 N–H and O–H groups in total. The van der Waals surface area contributed by atoms with Gasteiger partial charge in [0, 0.05) is 50.5 Å². The number of aryl methyl sites for hydroxylation is 1. The largest absolute Gasteiger partial charge is 0.383 e. The van der Waals surface area contributed by atoms with Crippen LogP contribution in [0.3, 0.4) is 0 Å². The summed E-state index contributed by atoms with van der Waals surface area (Å²) in [5, 5.41) is 7.36. The quantitative estimate of drug-likeness (QED) is 0.272. The highest BCUT2D eigenvalue weighted by Gasteiger charge is 2.23. The molecule has 2 rings (SSSR count). The number of halogens is 2. The van der Waals surface area contributed by atoms with Crippen LogP contribution in [0.15, 0.2) is 23.2 Å². The second-order valence-electron chi connectivity index (χ2n) is 6.17. The van der Waals surface area contributed by atoms with Gasteiger partial charge < -0.3 is 20.3 Å². The summed E-state index contributed by atoms with van der Waals surface area (Å²) in [7, 11) is 1.71. The SMILES string of the molecule is CCNC(=NCC1CCN(c2cc(Cl)ccc2C)C1)NCCOC.I. The lowest BCUT2D eigenvalue weighted by atomic mass is 10.1. The number of hydrogen-bond acceptors (Lipinski definition) is 3. The molecule has 7 heteroatoms. The van der Waals surface area contributed by atoms with Gasteiger partial charge >= 0.3 is 0 Å². The number of guanidine groups is 1. The lowest BCUT2D eigenvalue weighted by Crippen LogP contribution is -2.39. The zero-order chi connectivity index (χ0) is 17.4. The van der Waals surface area contributed by atoms with Crippen molar-refractivity contribution in [1.29, 1.82) is 0 Å². The third-order valence-corrected chi connectivity index (χ3v) is 4.48. The van der Waals surface area contributed by atoms with Gasteiger partial charge in [0.05, 0.1) is 6.61 Å². The van der Waals surface area contributed by atoms with Gasteiger partial charge in [-0.1, -0.05) is 17.7 Å². The first-order chi connectivity index (χ1) is 11.6. The maximum atomic E-state index is 6.15. The summed E-state index contributed by atoms with van der Waals surface area (Å²) in [5.74, 6) is 1.44. The van der Waals surface area contributed by atoms with E-state index in [9.17, 15) is 0 Å². The van der Waals surface area contributed by atoms with E-state index in [-0.39, 0.29) is 24.0 Å². The maximum Gasteiger partial charge on any atom is 0.191 e. The van der Waals surface area contributed by atoms with Crippen LogP contribution in [0.2, 0.25) is 5.02 Å². The van der Waals surface area contributed by atoms with Crippen LogP contribution < -0.4 is 15.5 Å². The highest BCUT2D eigenvalue weighted by Crippen LogP contribution is 2.29. The zero-order valence-electron chi connectivity index (χ0n) is 15.3. The number of ether oxygens (including phenoxy) is 1. The van der Waals surface area contributed by atoms with Gasteiger partial charge in [0.15, 0.2) is 5.96 Å². The van der Waals surface area contributed by atoms with Crippen LogP contribution in [-0.4, -0.2) is 52.4 Å². The fraction of sp³-hybridized carbons (Fsp3) is 0.611. The Morgan fingerprint density at radius 2 is 2.20 bits per heavy atom. The number of nitrogens with one attached hydrogen (secondary N) is 2. The lowest BCUT2D eigenvalue weighted by Gasteiger charge is -2.21. The Morgan fingerprint density at radius 3 is 2.92 bits per heavy atom. The van der Waals surface area contributed by atoms with Crippen molar-refractivity contribution in [2.45, 2.75) is 20.3 Å². The second kappa shape index (κ2) is 11.8. The van der Waals surface area contributed by atoms with E-state index < -0.39 is 0 Å². The van der Waals surface area contributed by atoms with E-state index in [1.165, 1.54) is 11.3 Å². The van der Waals surface area contributed by atoms with E-state index in [0.717, 1.165) is 50.1 Å². The van der Waals surface area contributed by atoms with Gasteiger partial charge in [-0.15, -0.1) is 24.0 Å². The Bertz CT molecular complexity index is 556. The second-order valence-corrected chi connectivity index (χ2v) is 6.61. The fourth-order valence-corrected chi connectivity index (χ4v) is 3.12. The Balaban J connectivity index is 0.00000312. The summed E-state index contributed by atoms with van der Waals surface area (Å²) in [4.78, 5) is 7.14. The number of rotatable bonds is 7. The average Bonchev–Trinajstić information content (AvgIpc) is 3.04. The van der Waals surface area contributed by atoms with Crippen LogP contribution in [0.25, 0.3) is 0 Å². The molecule has 0 aromatic heterocycles. The molecule has 1 aromatic rings. The minimum atomic E-state index is 0. The van der Waals surface area contributed by atoms with Gasteiger partial charge in [-0.2, -0.15) is 0 Å². The summed E-state index contributed by atoms with van der Waals surface area (Å²) in [6, 6.07) is 6.11. The smallest absolute Gasteiger partial charge is 0.191 e. The normalized spacial score (nSPS) is 17.4. The van der Waals surface area contributed by atoms with E-state index in [4.69, 9.17) is 21.3 Å². The van der Waals surface area contributed by atoms with Crippen molar-refractivity contribution in [3.63, 3.8) is 0 Å². The van der Waals surface area contributed by atoms with E-state index in [1.807, 2.05) is 6.07 Å². The molecular formula is C18H30ClIN4O. The number of anilines is 1. The topological polar surface area (TPSA) is 48.9 Å². The predicted molar refractivity (Wildman–Crippen MR) is 118 cm³/mol.